The summed E-state index contributed by atoms with van der Waals surface area (Å²) in [5.74, 6) is -0.608. The largest absolute Gasteiger partial charge is 0.383 e. The molecule has 1 unspecified atom stereocenters. The maximum Gasteiger partial charge on any atom is 0.354 e. The Labute approximate surface area is 191 Å². The summed E-state index contributed by atoms with van der Waals surface area (Å²) in [6.45, 7) is 10.6. The maximum atomic E-state index is 15.1. The summed E-state index contributed by atoms with van der Waals surface area (Å²) in [6, 6.07) is 0.774. The number of hydrogen-bond donors (Lipinski definition) is 3. The Bertz CT molecular complexity index is 1100. The second-order valence-electron chi connectivity index (χ2n) is 8.21. The average molecular weight is 489 g/mol. The van der Waals surface area contributed by atoms with E-state index in [1.807, 2.05) is 27.7 Å². The summed E-state index contributed by atoms with van der Waals surface area (Å²) in [5, 5.41) is 18.8. The van der Waals surface area contributed by atoms with E-state index in [0.717, 1.165) is 16.9 Å². The van der Waals surface area contributed by atoms with E-state index < -0.39 is 27.4 Å². The fourth-order valence-electron chi connectivity index (χ4n) is 2.94. The SMILES string of the molecule is CSc1cc(C(C)C)c(NC(=O)N=S(N)(=O)c2cnc(C(C)(C)O)s2)c(C(C)C)c1F. The summed E-state index contributed by atoms with van der Waals surface area (Å²) in [5.41, 5.74) is 0.203. The molecule has 1 heterocycles. The minimum absolute atomic E-state index is 0.00243. The monoisotopic (exact) mass is 488 g/mol. The molecule has 172 valence electrons. The molecule has 11 heteroatoms. The molecule has 2 aromatic rings. The predicted molar refractivity (Wildman–Crippen MR) is 126 cm³/mol. The number of nitrogens with zero attached hydrogens (tertiary/aromatic N) is 2. The zero-order valence-electron chi connectivity index (χ0n) is 18.6. The summed E-state index contributed by atoms with van der Waals surface area (Å²) < 4.78 is 31.7. The lowest BCUT2D eigenvalue weighted by Gasteiger charge is -2.22. The van der Waals surface area contributed by atoms with Crippen LogP contribution in [0.5, 0.6) is 0 Å². The van der Waals surface area contributed by atoms with E-state index in [-0.39, 0.29) is 16.0 Å². The normalized spacial score (nSPS) is 14.1. The molecule has 0 radical (unpaired) electrons. The van der Waals surface area contributed by atoms with Crippen LogP contribution >= 0.6 is 23.1 Å². The van der Waals surface area contributed by atoms with Crippen LogP contribution in [0.25, 0.3) is 0 Å². The van der Waals surface area contributed by atoms with Gasteiger partial charge in [-0.05, 0) is 43.6 Å². The van der Waals surface area contributed by atoms with E-state index >= 15 is 4.39 Å². The average Bonchev–Trinajstić information content (AvgIpc) is 3.12. The Morgan fingerprint density at radius 1 is 1.35 bits per heavy atom. The highest BCUT2D eigenvalue weighted by Crippen LogP contribution is 2.39. The van der Waals surface area contributed by atoms with E-state index in [9.17, 15) is 14.1 Å². The first-order chi connectivity index (χ1) is 14.2. The first-order valence-corrected chi connectivity index (χ1v) is 13.3. The third kappa shape index (κ3) is 5.83. The lowest BCUT2D eigenvalue weighted by Crippen LogP contribution is -2.19. The van der Waals surface area contributed by atoms with Gasteiger partial charge in [-0.3, -0.25) is 0 Å². The molecule has 0 aliphatic rings. The van der Waals surface area contributed by atoms with Gasteiger partial charge < -0.3 is 10.4 Å². The molecular weight excluding hydrogens is 459 g/mol. The van der Waals surface area contributed by atoms with E-state index in [0.29, 0.717) is 21.2 Å². The van der Waals surface area contributed by atoms with Gasteiger partial charge in [0.25, 0.3) is 0 Å². The standard InChI is InChI=1S/C20H29FN4O3S3/c1-10(2)12-8-13(29-7)16(21)15(11(3)4)17(12)24-19(26)25-31(22,28)14-9-23-18(30-14)20(5,6)27/h8-11,27H,1-7H3,(H3,22,24,25,26,28). The van der Waals surface area contributed by atoms with E-state index in [1.165, 1.54) is 31.8 Å². The highest BCUT2D eigenvalue weighted by molar-refractivity contribution is 7.98. The number of nitrogens with one attached hydrogen (secondary N) is 1. The molecule has 1 atom stereocenters. The molecule has 0 spiro atoms. The first-order valence-electron chi connectivity index (χ1n) is 9.63. The van der Waals surface area contributed by atoms with Crippen LogP contribution in [-0.4, -0.2) is 26.6 Å². The van der Waals surface area contributed by atoms with Gasteiger partial charge >= 0.3 is 6.03 Å². The number of amides is 2. The Kier molecular flexibility index (Phi) is 7.91. The van der Waals surface area contributed by atoms with Crippen LogP contribution < -0.4 is 10.5 Å². The molecular formula is C20H29FN4O3S3. The minimum Gasteiger partial charge on any atom is -0.383 e. The molecule has 0 fully saturated rings. The van der Waals surface area contributed by atoms with Crippen molar-refractivity contribution in [2.24, 2.45) is 9.50 Å². The quantitative estimate of drug-likeness (QED) is 0.470. The number of halogens is 1. The Morgan fingerprint density at radius 2 is 1.97 bits per heavy atom. The highest BCUT2D eigenvalue weighted by atomic mass is 32.2. The van der Waals surface area contributed by atoms with Crippen LogP contribution in [0, 0.1) is 5.82 Å². The minimum atomic E-state index is -3.60. The lowest BCUT2D eigenvalue weighted by molar-refractivity contribution is 0.0783. The molecule has 0 saturated carbocycles. The second kappa shape index (κ2) is 9.53. The Balaban J connectivity index is 2.53. The topological polar surface area (TPSA) is 118 Å². The van der Waals surface area contributed by atoms with Gasteiger partial charge in [0.15, 0.2) is 9.92 Å². The van der Waals surface area contributed by atoms with Crippen molar-refractivity contribution in [3.8, 4) is 0 Å². The number of anilines is 1. The van der Waals surface area contributed by atoms with Gasteiger partial charge in [0.05, 0.1) is 11.9 Å². The number of aromatic nitrogens is 1. The summed E-state index contributed by atoms with van der Waals surface area (Å²) in [6.07, 6.45) is 3.03. The van der Waals surface area contributed by atoms with Crippen LogP contribution in [0.3, 0.4) is 0 Å². The van der Waals surface area contributed by atoms with Crippen molar-refractivity contribution in [2.45, 2.75) is 68.1 Å². The Hall–Kier alpha value is -1.53. The summed E-state index contributed by atoms with van der Waals surface area (Å²) in [4.78, 5) is 17.2. The van der Waals surface area contributed by atoms with Gasteiger partial charge in [-0.25, -0.2) is 23.5 Å². The van der Waals surface area contributed by atoms with Crippen molar-refractivity contribution < 1.29 is 18.5 Å². The third-order valence-corrected chi connectivity index (χ3v) is 8.39. The van der Waals surface area contributed by atoms with Crippen LogP contribution in [0.15, 0.2) is 25.7 Å². The van der Waals surface area contributed by atoms with E-state index in [4.69, 9.17) is 5.14 Å². The molecule has 0 aliphatic heterocycles. The maximum absolute atomic E-state index is 15.1. The van der Waals surface area contributed by atoms with Gasteiger partial charge in [-0.15, -0.1) is 27.5 Å². The number of hydrogen-bond acceptors (Lipinski definition) is 6. The molecule has 31 heavy (non-hydrogen) atoms. The van der Waals surface area contributed by atoms with Crippen molar-refractivity contribution in [3.63, 3.8) is 0 Å². The molecule has 1 aromatic carbocycles. The van der Waals surface area contributed by atoms with Gasteiger partial charge in [0.1, 0.15) is 20.6 Å². The van der Waals surface area contributed by atoms with Crippen molar-refractivity contribution in [3.05, 3.63) is 34.2 Å². The smallest absolute Gasteiger partial charge is 0.354 e. The number of rotatable bonds is 6. The number of nitrogens with two attached hydrogens (primary N) is 1. The molecule has 4 N–H and O–H groups in total. The zero-order valence-corrected chi connectivity index (χ0v) is 21.1. The highest BCUT2D eigenvalue weighted by Gasteiger charge is 2.25. The van der Waals surface area contributed by atoms with Gasteiger partial charge in [0.2, 0.25) is 0 Å². The van der Waals surface area contributed by atoms with Gasteiger partial charge in [-0.1, -0.05) is 27.7 Å². The third-order valence-electron chi connectivity index (χ3n) is 4.46. The summed E-state index contributed by atoms with van der Waals surface area (Å²) in [7, 11) is -3.60. The van der Waals surface area contributed by atoms with Gasteiger partial charge in [-0.2, -0.15) is 0 Å². The number of thioether (sulfide) groups is 1. The first kappa shape index (κ1) is 25.7. The van der Waals surface area contributed by atoms with Crippen molar-refractivity contribution in [1.82, 2.24) is 4.98 Å². The van der Waals surface area contributed by atoms with E-state index in [2.05, 4.69) is 14.7 Å². The lowest BCUT2D eigenvalue weighted by atomic mass is 9.92. The fourth-order valence-corrected chi connectivity index (χ4v) is 5.53. The number of thiazole rings is 1. The molecule has 0 aliphatic carbocycles. The number of aliphatic hydroxyl groups is 1. The molecule has 0 bridgehead atoms. The van der Waals surface area contributed by atoms with Crippen LogP contribution in [0.4, 0.5) is 14.9 Å². The number of carbonyl (C=O) groups excluding carboxylic acids is 1. The molecule has 2 amide bonds. The van der Waals surface area contributed by atoms with Crippen molar-refractivity contribution in [1.29, 1.82) is 0 Å². The number of benzene rings is 1. The van der Waals surface area contributed by atoms with Crippen LogP contribution in [0.2, 0.25) is 0 Å². The zero-order chi connectivity index (χ0) is 23.7. The fraction of sp³-hybridized carbons (Fsp3) is 0.500. The molecule has 2 rings (SSSR count). The predicted octanol–water partition coefficient (Wildman–Crippen LogP) is 5.41. The van der Waals surface area contributed by atoms with E-state index in [1.54, 1.807) is 12.3 Å². The Morgan fingerprint density at radius 3 is 2.42 bits per heavy atom. The van der Waals surface area contributed by atoms with Crippen molar-refractivity contribution >= 4 is 44.7 Å². The molecule has 0 saturated heterocycles. The second-order valence-corrected chi connectivity index (χ2v) is 12.1. The van der Waals surface area contributed by atoms with Crippen molar-refractivity contribution in [2.75, 3.05) is 11.6 Å². The van der Waals surface area contributed by atoms with Gasteiger partial charge in [0, 0.05) is 10.5 Å². The number of urea groups is 1. The number of carbonyl (C=O) groups is 1. The van der Waals surface area contributed by atoms with Crippen LogP contribution in [0.1, 0.15) is 69.5 Å². The molecule has 1 aromatic heterocycles. The van der Waals surface area contributed by atoms with Crippen LogP contribution in [-0.2, 0) is 15.5 Å². The molecule has 7 nitrogen and oxygen atoms in total. The summed E-state index contributed by atoms with van der Waals surface area (Å²) >= 11 is 2.22.